The topological polar surface area (TPSA) is 117 Å². The van der Waals surface area contributed by atoms with Crippen molar-refractivity contribution in [3.8, 4) is 28.8 Å². The number of nitrogens with zero attached hydrogens (tertiary/aromatic N) is 7. The van der Waals surface area contributed by atoms with Crippen molar-refractivity contribution >= 4 is 17.3 Å². The monoisotopic (exact) mass is 512 g/mol. The summed E-state index contributed by atoms with van der Waals surface area (Å²) in [7, 11) is 0. The van der Waals surface area contributed by atoms with Crippen LogP contribution in [0.5, 0.6) is 5.75 Å². The van der Waals surface area contributed by atoms with E-state index in [0.717, 1.165) is 70.4 Å². The molecule has 1 spiro atoms. The second kappa shape index (κ2) is 10.1. The van der Waals surface area contributed by atoms with Gasteiger partial charge >= 0.3 is 0 Å². The maximum Gasteiger partial charge on any atom is 0.206 e. The zero-order valence-corrected chi connectivity index (χ0v) is 21.5. The van der Waals surface area contributed by atoms with Crippen molar-refractivity contribution in [1.29, 1.82) is 0 Å². The second-order valence-corrected chi connectivity index (χ2v) is 10.5. The summed E-state index contributed by atoms with van der Waals surface area (Å²) in [6.07, 6.45) is 2.70. The van der Waals surface area contributed by atoms with Crippen LogP contribution in [0.25, 0.3) is 11.3 Å². The Kier molecular flexibility index (Phi) is 6.47. The first-order valence-electron chi connectivity index (χ1n) is 13.0. The van der Waals surface area contributed by atoms with E-state index in [1.165, 1.54) is 0 Å². The SMILES string of the molecule is C[C@@H]1CCN(c2cc(-c3ccccc3O)nnc2N)CCN1c1ccnc(C#CCN2CC3(COC3)C2)n1. The van der Waals surface area contributed by atoms with Crippen molar-refractivity contribution in [2.45, 2.75) is 19.4 Å². The summed E-state index contributed by atoms with van der Waals surface area (Å²) in [6, 6.07) is 11.2. The number of aromatic hydroxyl groups is 1. The fraction of sp³-hybridized carbons (Fsp3) is 0.429. The molecule has 10 heteroatoms. The average Bonchev–Trinajstić information content (AvgIpc) is 3.07. The molecule has 3 aromatic rings. The van der Waals surface area contributed by atoms with E-state index < -0.39 is 0 Å². The van der Waals surface area contributed by atoms with Crippen LogP contribution in [-0.4, -0.2) is 88.7 Å². The van der Waals surface area contributed by atoms with Crippen LogP contribution in [0.4, 0.5) is 17.3 Å². The first kappa shape index (κ1) is 24.4. The standard InChI is InChI=1S/C28H32N8O2/c1-20-9-12-35(23-15-22(32-33-27(23)29)21-5-2-3-6-24(21)37)13-14-36(20)26-8-10-30-25(31-26)7-4-11-34-16-28(17-34)18-38-19-28/h2-3,5-6,8,10,15,20,37H,9,11-14,16-19H2,1H3,(H2,29,33)/t20-/m1/s1. The Morgan fingerprint density at radius 1 is 1.13 bits per heavy atom. The minimum absolute atomic E-state index is 0.164. The molecule has 38 heavy (non-hydrogen) atoms. The first-order chi connectivity index (χ1) is 18.5. The summed E-state index contributed by atoms with van der Waals surface area (Å²) in [4.78, 5) is 16.0. The first-order valence-corrected chi connectivity index (χ1v) is 13.0. The Bertz CT molecular complexity index is 1370. The number of benzene rings is 1. The van der Waals surface area contributed by atoms with E-state index in [4.69, 9.17) is 15.5 Å². The molecule has 0 radical (unpaired) electrons. The predicted octanol–water partition coefficient (Wildman–Crippen LogP) is 2.01. The quantitative estimate of drug-likeness (QED) is 0.503. The maximum absolute atomic E-state index is 10.3. The molecule has 5 heterocycles. The lowest BCUT2D eigenvalue weighted by Crippen LogP contribution is -2.65. The molecule has 3 aliphatic rings. The van der Waals surface area contributed by atoms with Crippen LogP contribution < -0.4 is 15.5 Å². The number of para-hydroxylation sites is 1. The van der Waals surface area contributed by atoms with Crippen molar-refractivity contribution in [3.05, 3.63) is 48.4 Å². The third-order valence-corrected chi connectivity index (χ3v) is 7.65. The number of phenols is 1. The van der Waals surface area contributed by atoms with Gasteiger partial charge in [0.05, 0.1) is 31.1 Å². The molecule has 10 nitrogen and oxygen atoms in total. The smallest absolute Gasteiger partial charge is 0.206 e. The van der Waals surface area contributed by atoms with E-state index in [0.29, 0.717) is 28.3 Å². The fourth-order valence-electron chi connectivity index (χ4n) is 5.49. The molecule has 3 aliphatic heterocycles. The highest BCUT2D eigenvalue weighted by Gasteiger charge is 2.48. The number of likely N-dealkylation sites (tertiary alicyclic amines) is 1. The number of nitrogens with two attached hydrogens (primary N) is 1. The predicted molar refractivity (Wildman–Crippen MR) is 146 cm³/mol. The molecule has 0 saturated carbocycles. The molecule has 0 unspecified atom stereocenters. The summed E-state index contributed by atoms with van der Waals surface area (Å²) in [5.41, 5.74) is 8.70. The lowest BCUT2D eigenvalue weighted by atomic mass is 9.78. The highest BCUT2D eigenvalue weighted by atomic mass is 16.5. The normalized spacial score (nSPS) is 20.7. The van der Waals surface area contributed by atoms with Crippen LogP contribution in [0.1, 0.15) is 19.2 Å². The molecular formula is C28H32N8O2. The van der Waals surface area contributed by atoms with Gasteiger partial charge in [0.25, 0.3) is 0 Å². The third kappa shape index (κ3) is 4.83. The van der Waals surface area contributed by atoms with Gasteiger partial charge in [0.1, 0.15) is 11.6 Å². The van der Waals surface area contributed by atoms with Crippen molar-refractivity contribution in [1.82, 2.24) is 25.1 Å². The Hall–Kier alpha value is -3.94. The van der Waals surface area contributed by atoms with E-state index in [9.17, 15) is 5.11 Å². The van der Waals surface area contributed by atoms with Crippen LogP contribution in [0.3, 0.4) is 0 Å². The van der Waals surface area contributed by atoms with Crippen molar-refractivity contribution in [3.63, 3.8) is 0 Å². The molecule has 0 amide bonds. The number of hydrogen-bond donors (Lipinski definition) is 2. The van der Waals surface area contributed by atoms with Crippen LogP contribution in [0, 0.1) is 17.3 Å². The molecule has 3 N–H and O–H groups in total. The summed E-state index contributed by atoms with van der Waals surface area (Å²) < 4.78 is 5.34. The molecule has 3 saturated heterocycles. The summed E-state index contributed by atoms with van der Waals surface area (Å²) in [5.74, 6) is 8.36. The number of nitrogen functional groups attached to an aromatic ring is 1. The molecule has 3 fully saturated rings. The Morgan fingerprint density at radius 3 is 2.76 bits per heavy atom. The number of hydrogen-bond acceptors (Lipinski definition) is 10. The minimum atomic E-state index is 0.164. The van der Waals surface area contributed by atoms with E-state index in [2.05, 4.69) is 48.6 Å². The van der Waals surface area contributed by atoms with Crippen LogP contribution in [-0.2, 0) is 4.74 Å². The second-order valence-electron chi connectivity index (χ2n) is 10.5. The lowest BCUT2D eigenvalue weighted by molar-refractivity contribution is -0.185. The molecule has 0 aliphatic carbocycles. The summed E-state index contributed by atoms with van der Waals surface area (Å²) in [6.45, 7) is 9.16. The zero-order valence-electron chi connectivity index (χ0n) is 21.5. The number of anilines is 3. The van der Waals surface area contributed by atoms with Gasteiger partial charge in [0.15, 0.2) is 5.82 Å². The number of aromatic nitrogens is 4. The summed E-state index contributed by atoms with van der Waals surface area (Å²) in [5, 5.41) is 18.7. The van der Waals surface area contributed by atoms with Gasteiger partial charge in [0, 0.05) is 55.9 Å². The molecular weight excluding hydrogens is 480 g/mol. The Labute approximate surface area is 222 Å². The largest absolute Gasteiger partial charge is 0.507 e. The van der Waals surface area contributed by atoms with Gasteiger partial charge in [-0.05, 0) is 43.5 Å². The average molecular weight is 513 g/mol. The maximum atomic E-state index is 10.3. The van der Waals surface area contributed by atoms with Crippen molar-refractivity contribution in [2.24, 2.45) is 5.41 Å². The van der Waals surface area contributed by atoms with Crippen LogP contribution in [0.15, 0.2) is 42.6 Å². The molecule has 6 rings (SSSR count). The Balaban J connectivity index is 1.14. The molecule has 2 aromatic heterocycles. The van der Waals surface area contributed by atoms with E-state index >= 15 is 0 Å². The molecule has 196 valence electrons. The van der Waals surface area contributed by atoms with Gasteiger partial charge in [-0.2, -0.15) is 0 Å². The van der Waals surface area contributed by atoms with Gasteiger partial charge in [-0.1, -0.05) is 18.1 Å². The van der Waals surface area contributed by atoms with Gasteiger partial charge in [0.2, 0.25) is 5.82 Å². The van der Waals surface area contributed by atoms with Gasteiger partial charge in [-0.3, -0.25) is 4.90 Å². The van der Waals surface area contributed by atoms with Crippen LogP contribution in [0.2, 0.25) is 0 Å². The van der Waals surface area contributed by atoms with E-state index in [-0.39, 0.29) is 11.8 Å². The molecule has 1 atom stereocenters. The lowest BCUT2D eigenvalue weighted by Gasteiger charge is -2.54. The molecule has 0 bridgehead atoms. The van der Waals surface area contributed by atoms with E-state index in [1.807, 2.05) is 24.3 Å². The highest BCUT2D eigenvalue weighted by Crippen LogP contribution is 2.37. The van der Waals surface area contributed by atoms with Gasteiger partial charge < -0.3 is 25.4 Å². The molecule has 1 aromatic carbocycles. The Morgan fingerprint density at radius 2 is 1.97 bits per heavy atom. The van der Waals surface area contributed by atoms with Crippen molar-refractivity contribution < 1.29 is 9.84 Å². The number of phenolic OH excluding ortho intramolecular Hbond substituents is 1. The van der Waals surface area contributed by atoms with E-state index in [1.54, 1.807) is 18.3 Å². The number of ether oxygens (including phenoxy) is 1. The van der Waals surface area contributed by atoms with Crippen LogP contribution >= 0.6 is 0 Å². The van der Waals surface area contributed by atoms with Crippen molar-refractivity contribution in [2.75, 3.05) is 68.0 Å². The summed E-state index contributed by atoms with van der Waals surface area (Å²) >= 11 is 0. The van der Waals surface area contributed by atoms with Gasteiger partial charge in [-0.15, -0.1) is 10.2 Å². The zero-order chi connectivity index (χ0) is 26.1. The van der Waals surface area contributed by atoms with Gasteiger partial charge in [-0.25, -0.2) is 9.97 Å². The minimum Gasteiger partial charge on any atom is -0.507 e. The third-order valence-electron chi connectivity index (χ3n) is 7.65. The number of rotatable bonds is 4. The highest BCUT2D eigenvalue weighted by molar-refractivity contribution is 5.74. The fourth-order valence-corrected chi connectivity index (χ4v) is 5.49.